The molecular weight excluding hydrogens is 533 g/mol. The highest BCUT2D eigenvalue weighted by Crippen LogP contribution is 2.22. The maximum atomic E-state index is 13.8. The summed E-state index contributed by atoms with van der Waals surface area (Å²) in [6.45, 7) is 1.78. The lowest BCUT2D eigenvalue weighted by molar-refractivity contribution is -0.140. The van der Waals surface area contributed by atoms with Crippen molar-refractivity contribution >= 4 is 50.7 Å². The van der Waals surface area contributed by atoms with Crippen LogP contribution in [0.15, 0.2) is 78.9 Å². The molecule has 0 spiro atoms. The number of amides is 2. The van der Waals surface area contributed by atoms with E-state index >= 15 is 0 Å². The molecule has 0 saturated carbocycles. The van der Waals surface area contributed by atoms with Crippen molar-refractivity contribution < 1.29 is 18.0 Å². The molecule has 0 aliphatic heterocycles. The molecule has 0 aliphatic carbocycles. The van der Waals surface area contributed by atoms with Gasteiger partial charge in [0.2, 0.25) is 21.8 Å². The summed E-state index contributed by atoms with van der Waals surface area (Å²) in [7, 11) is -3.83. The maximum absolute atomic E-state index is 13.8. The van der Waals surface area contributed by atoms with E-state index in [1.807, 2.05) is 30.3 Å². The Hall–Kier alpha value is -3.07. The van der Waals surface area contributed by atoms with Gasteiger partial charge in [-0.05, 0) is 54.4 Å². The van der Waals surface area contributed by atoms with Gasteiger partial charge >= 0.3 is 0 Å². The summed E-state index contributed by atoms with van der Waals surface area (Å²) >= 11 is 12.0. The zero-order chi connectivity index (χ0) is 27.0. The van der Waals surface area contributed by atoms with Crippen molar-refractivity contribution in [1.29, 1.82) is 0 Å². The number of sulfonamides is 1. The second-order valence-electron chi connectivity index (χ2n) is 8.49. The third-order valence-corrected chi connectivity index (χ3v) is 7.33. The molecule has 3 aromatic carbocycles. The monoisotopic (exact) mass is 561 g/mol. The summed E-state index contributed by atoms with van der Waals surface area (Å²) < 4.78 is 26.4. The van der Waals surface area contributed by atoms with Crippen molar-refractivity contribution in [2.75, 3.05) is 23.7 Å². The van der Waals surface area contributed by atoms with Gasteiger partial charge in [-0.2, -0.15) is 0 Å². The van der Waals surface area contributed by atoms with Gasteiger partial charge in [-0.3, -0.25) is 13.9 Å². The fraction of sp³-hybridized carbons (Fsp3) is 0.259. The van der Waals surface area contributed by atoms with E-state index in [0.717, 1.165) is 21.7 Å². The number of halogens is 2. The van der Waals surface area contributed by atoms with Crippen molar-refractivity contribution in [3.8, 4) is 0 Å². The number of likely N-dealkylation sites (N-methyl/N-ethyl adjacent to an activating group) is 1. The Morgan fingerprint density at radius 1 is 0.865 bits per heavy atom. The van der Waals surface area contributed by atoms with Crippen molar-refractivity contribution in [3.63, 3.8) is 0 Å². The van der Waals surface area contributed by atoms with Crippen molar-refractivity contribution in [2.24, 2.45) is 0 Å². The number of carbonyl (C=O) groups excluding carboxylic acids is 2. The van der Waals surface area contributed by atoms with Crippen LogP contribution in [0.1, 0.15) is 18.1 Å². The smallest absolute Gasteiger partial charge is 0.244 e. The van der Waals surface area contributed by atoms with Crippen LogP contribution in [-0.2, 0) is 32.6 Å². The Morgan fingerprint density at radius 2 is 1.43 bits per heavy atom. The molecule has 1 unspecified atom stereocenters. The van der Waals surface area contributed by atoms with Gasteiger partial charge in [-0.1, -0.05) is 65.7 Å². The van der Waals surface area contributed by atoms with Crippen LogP contribution in [0.25, 0.3) is 0 Å². The van der Waals surface area contributed by atoms with Crippen LogP contribution < -0.4 is 9.62 Å². The second kappa shape index (κ2) is 12.9. The lowest BCUT2D eigenvalue weighted by Crippen LogP contribution is -2.53. The predicted molar refractivity (Wildman–Crippen MR) is 148 cm³/mol. The van der Waals surface area contributed by atoms with Gasteiger partial charge in [0.25, 0.3) is 0 Å². The number of nitrogens with zero attached hydrogens (tertiary/aromatic N) is 2. The highest BCUT2D eigenvalue weighted by atomic mass is 35.5. The van der Waals surface area contributed by atoms with E-state index in [9.17, 15) is 18.0 Å². The van der Waals surface area contributed by atoms with Gasteiger partial charge in [0.1, 0.15) is 12.6 Å². The third-order valence-electron chi connectivity index (χ3n) is 5.68. The largest absolute Gasteiger partial charge is 0.355 e. The highest BCUT2D eigenvalue weighted by Gasteiger charge is 2.32. The van der Waals surface area contributed by atoms with Crippen LogP contribution in [0, 0.1) is 0 Å². The number of hydrogen-bond acceptors (Lipinski definition) is 4. The summed E-state index contributed by atoms with van der Waals surface area (Å²) in [4.78, 5) is 28.5. The molecule has 1 N–H and O–H groups in total. The normalized spacial score (nSPS) is 12.0. The number of nitrogens with one attached hydrogen (secondary N) is 1. The zero-order valence-electron chi connectivity index (χ0n) is 20.6. The molecule has 0 aromatic heterocycles. The van der Waals surface area contributed by atoms with E-state index < -0.39 is 28.5 Å². The first-order valence-electron chi connectivity index (χ1n) is 11.7. The molecule has 0 heterocycles. The molecule has 37 heavy (non-hydrogen) atoms. The Balaban J connectivity index is 2.02. The van der Waals surface area contributed by atoms with Gasteiger partial charge < -0.3 is 10.2 Å². The average Bonchev–Trinajstić information content (AvgIpc) is 2.86. The first-order chi connectivity index (χ1) is 17.6. The SMILES string of the molecule is CCNC(=O)C(Cc1ccccc1)N(Cc1ccc(Cl)cc1)C(=O)CN(c1ccc(Cl)cc1)S(C)(=O)=O. The molecule has 3 aromatic rings. The second-order valence-corrected chi connectivity index (χ2v) is 11.3. The minimum Gasteiger partial charge on any atom is -0.355 e. The van der Waals surface area contributed by atoms with Gasteiger partial charge in [0.05, 0.1) is 11.9 Å². The summed E-state index contributed by atoms with van der Waals surface area (Å²) in [6.07, 6.45) is 1.29. The number of rotatable bonds is 11. The summed E-state index contributed by atoms with van der Waals surface area (Å²) in [5, 5.41) is 3.79. The molecule has 0 radical (unpaired) electrons. The van der Waals surface area contributed by atoms with Crippen LogP contribution in [-0.4, -0.2) is 50.5 Å². The van der Waals surface area contributed by atoms with E-state index in [2.05, 4.69) is 5.32 Å². The number of anilines is 1. The average molecular weight is 563 g/mol. The molecule has 196 valence electrons. The standard InChI is InChI=1S/C27H29Cl2N3O4S/c1-3-30-27(34)25(17-20-7-5-4-6-8-20)31(18-21-9-11-22(28)12-10-21)26(33)19-32(37(2,35)36)24-15-13-23(29)14-16-24/h4-16,25H,3,17-19H2,1-2H3,(H,30,34). The third kappa shape index (κ3) is 8.21. The Labute approximate surface area is 228 Å². The lowest BCUT2D eigenvalue weighted by Gasteiger charge is -2.33. The molecule has 0 saturated heterocycles. The Kier molecular flexibility index (Phi) is 9.97. The van der Waals surface area contributed by atoms with Crippen LogP contribution >= 0.6 is 23.2 Å². The number of benzene rings is 3. The van der Waals surface area contributed by atoms with Crippen molar-refractivity contribution in [1.82, 2.24) is 10.2 Å². The maximum Gasteiger partial charge on any atom is 0.244 e. The van der Waals surface area contributed by atoms with Crippen LogP contribution in [0.5, 0.6) is 0 Å². The van der Waals surface area contributed by atoms with Crippen molar-refractivity contribution in [2.45, 2.75) is 25.9 Å². The molecule has 10 heteroatoms. The fourth-order valence-corrected chi connectivity index (χ4v) is 4.96. The van der Waals surface area contributed by atoms with Crippen LogP contribution in [0.3, 0.4) is 0 Å². The first-order valence-corrected chi connectivity index (χ1v) is 14.3. The quantitative estimate of drug-likeness (QED) is 0.372. The fourth-order valence-electron chi connectivity index (χ4n) is 3.85. The van der Waals surface area contributed by atoms with Gasteiger partial charge in [-0.25, -0.2) is 8.42 Å². The zero-order valence-corrected chi connectivity index (χ0v) is 22.9. The number of carbonyl (C=O) groups is 2. The first kappa shape index (κ1) is 28.5. The van der Waals surface area contributed by atoms with Gasteiger partial charge in [-0.15, -0.1) is 0 Å². The molecule has 2 amide bonds. The van der Waals surface area contributed by atoms with E-state index in [1.54, 1.807) is 43.3 Å². The van der Waals surface area contributed by atoms with Crippen LogP contribution in [0.2, 0.25) is 10.0 Å². The molecule has 0 bridgehead atoms. The lowest BCUT2D eigenvalue weighted by atomic mass is 10.0. The number of hydrogen-bond donors (Lipinski definition) is 1. The molecule has 3 rings (SSSR count). The van der Waals surface area contributed by atoms with Crippen molar-refractivity contribution in [3.05, 3.63) is 100 Å². The molecule has 1 atom stereocenters. The van der Waals surface area contributed by atoms with Gasteiger partial charge in [0.15, 0.2) is 0 Å². The Bertz CT molecular complexity index is 1300. The predicted octanol–water partition coefficient (Wildman–Crippen LogP) is 4.54. The molecular formula is C27H29Cl2N3O4S. The molecule has 0 fully saturated rings. The molecule has 0 aliphatic rings. The highest BCUT2D eigenvalue weighted by molar-refractivity contribution is 7.92. The van der Waals surface area contributed by atoms with E-state index in [1.165, 1.54) is 17.0 Å². The van der Waals surface area contributed by atoms with Gasteiger partial charge in [0, 0.05) is 29.6 Å². The summed E-state index contributed by atoms with van der Waals surface area (Å²) in [5.74, 6) is -0.853. The molecule has 7 nitrogen and oxygen atoms in total. The van der Waals surface area contributed by atoms with E-state index in [4.69, 9.17) is 23.2 Å². The summed E-state index contributed by atoms with van der Waals surface area (Å²) in [5.41, 5.74) is 1.91. The van der Waals surface area contributed by atoms with E-state index in [-0.39, 0.29) is 18.9 Å². The minimum absolute atomic E-state index is 0.0862. The minimum atomic E-state index is -3.83. The summed E-state index contributed by atoms with van der Waals surface area (Å²) in [6, 6.07) is 21.6. The van der Waals surface area contributed by atoms with E-state index in [0.29, 0.717) is 22.3 Å². The topological polar surface area (TPSA) is 86.8 Å². The Morgan fingerprint density at radius 3 is 1.97 bits per heavy atom. The van der Waals surface area contributed by atoms with Crippen LogP contribution in [0.4, 0.5) is 5.69 Å².